The van der Waals surface area contributed by atoms with Crippen molar-refractivity contribution in [3.63, 3.8) is 0 Å². The average Bonchev–Trinajstić information content (AvgIpc) is 2.17. The van der Waals surface area contributed by atoms with Crippen LogP contribution in [0.1, 0.15) is 5.56 Å². The summed E-state index contributed by atoms with van der Waals surface area (Å²) in [6.07, 6.45) is 0.527. The summed E-state index contributed by atoms with van der Waals surface area (Å²) in [4.78, 5) is 0. The number of methoxy groups -OCH3 is 1. The predicted molar refractivity (Wildman–Crippen MR) is 59.9 cm³/mol. The molecule has 0 saturated heterocycles. The molecule has 84 valence electrons. The Morgan fingerprint density at radius 1 is 1.60 bits per heavy atom. The molecular weight excluding hydrogens is 265 g/mol. The summed E-state index contributed by atoms with van der Waals surface area (Å²) in [5, 5.41) is 12.3. The van der Waals surface area contributed by atoms with Crippen LogP contribution in [0.15, 0.2) is 10.5 Å². The minimum Gasteiger partial charge on any atom is -0.504 e. The van der Waals surface area contributed by atoms with E-state index in [1.54, 1.807) is 7.05 Å². The zero-order valence-electron chi connectivity index (χ0n) is 8.60. The molecule has 0 unspecified atom stereocenters. The third-order valence-corrected chi connectivity index (χ3v) is 2.92. The predicted octanol–water partition coefficient (Wildman–Crippen LogP) is 2.06. The molecule has 1 rings (SSSR count). The molecule has 0 aliphatic rings. The smallest absolute Gasteiger partial charge is 0.175 e. The number of nitrogens with one attached hydrogen (secondary N) is 1. The van der Waals surface area contributed by atoms with Crippen molar-refractivity contribution in [3.8, 4) is 11.5 Å². The second-order valence-electron chi connectivity index (χ2n) is 3.06. The maximum absolute atomic E-state index is 13.5. The van der Waals surface area contributed by atoms with E-state index >= 15 is 0 Å². The lowest BCUT2D eigenvalue weighted by molar-refractivity contribution is 0.367. The number of phenols is 1. The Bertz CT molecular complexity index is 358. The maximum Gasteiger partial charge on any atom is 0.175 e. The third kappa shape index (κ3) is 2.60. The minimum atomic E-state index is -0.435. The van der Waals surface area contributed by atoms with Gasteiger partial charge in [-0.1, -0.05) is 0 Å². The van der Waals surface area contributed by atoms with Crippen LogP contribution in [0.2, 0.25) is 0 Å². The van der Waals surface area contributed by atoms with E-state index in [0.717, 1.165) is 6.07 Å². The first-order valence-corrected chi connectivity index (χ1v) is 5.29. The highest BCUT2D eigenvalue weighted by Crippen LogP contribution is 2.38. The van der Waals surface area contributed by atoms with Crippen molar-refractivity contribution >= 4 is 15.9 Å². The molecule has 0 saturated carbocycles. The summed E-state index contributed by atoms with van der Waals surface area (Å²) in [7, 11) is 3.23. The van der Waals surface area contributed by atoms with Crippen molar-refractivity contribution in [2.75, 3.05) is 20.7 Å². The van der Waals surface area contributed by atoms with Crippen LogP contribution in [0.5, 0.6) is 11.5 Å². The van der Waals surface area contributed by atoms with Gasteiger partial charge in [0.15, 0.2) is 11.5 Å². The summed E-state index contributed by atoms with van der Waals surface area (Å²) >= 11 is 3.22. The number of phenolic OH excluding ortho intramolecular Hbond substituents is 1. The molecule has 1 aromatic carbocycles. The maximum atomic E-state index is 13.5. The van der Waals surface area contributed by atoms with Gasteiger partial charge in [-0.3, -0.25) is 0 Å². The quantitative estimate of drug-likeness (QED) is 0.885. The Balaban J connectivity index is 3.14. The van der Waals surface area contributed by atoms with E-state index in [1.807, 2.05) is 0 Å². The van der Waals surface area contributed by atoms with Gasteiger partial charge in [-0.2, -0.15) is 0 Å². The van der Waals surface area contributed by atoms with Crippen LogP contribution in [0.25, 0.3) is 0 Å². The van der Waals surface area contributed by atoms with Gasteiger partial charge < -0.3 is 15.2 Å². The third-order valence-electron chi connectivity index (χ3n) is 2.08. The number of rotatable bonds is 4. The molecule has 0 atom stereocenters. The molecular formula is C10H13BrFNO2. The van der Waals surface area contributed by atoms with Gasteiger partial charge >= 0.3 is 0 Å². The van der Waals surface area contributed by atoms with E-state index in [0.29, 0.717) is 23.0 Å². The lowest BCUT2D eigenvalue weighted by Gasteiger charge is -2.11. The molecule has 3 nitrogen and oxygen atoms in total. The fourth-order valence-electron chi connectivity index (χ4n) is 1.30. The lowest BCUT2D eigenvalue weighted by atomic mass is 10.1. The summed E-state index contributed by atoms with van der Waals surface area (Å²) in [5.41, 5.74) is 0.499. The zero-order chi connectivity index (χ0) is 11.4. The first kappa shape index (κ1) is 12.3. The average molecular weight is 278 g/mol. The second kappa shape index (κ2) is 5.32. The molecule has 0 heterocycles. The van der Waals surface area contributed by atoms with Crippen molar-refractivity contribution < 1.29 is 14.2 Å². The Morgan fingerprint density at radius 2 is 2.27 bits per heavy atom. The van der Waals surface area contributed by atoms with Crippen molar-refractivity contribution in [2.45, 2.75) is 6.42 Å². The van der Waals surface area contributed by atoms with E-state index < -0.39 is 5.82 Å². The summed E-state index contributed by atoms with van der Waals surface area (Å²) in [6, 6.07) is 1.06. The Labute approximate surface area is 96.4 Å². The largest absolute Gasteiger partial charge is 0.504 e. The molecule has 0 aromatic heterocycles. The van der Waals surface area contributed by atoms with Crippen LogP contribution < -0.4 is 10.1 Å². The van der Waals surface area contributed by atoms with Crippen LogP contribution in [0, 0.1) is 5.82 Å². The van der Waals surface area contributed by atoms with Gasteiger partial charge in [0.1, 0.15) is 5.82 Å². The molecule has 0 aliphatic heterocycles. The topological polar surface area (TPSA) is 41.5 Å². The summed E-state index contributed by atoms with van der Waals surface area (Å²) in [5.74, 6) is -0.368. The molecule has 15 heavy (non-hydrogen) atoms. The summed E-state index contributed by atoms with van der Waals surface area (Å²) < 4.78 is 18.9. The number of hydrogen-bond acceptors (Lipinski definition) is 3. The van der Waals surface area contributed by atoms with Gasteiger partial charge in [-0.25, -0.2) is 4.39 Å². The van der Waals surface area contributed by atoms with Crippen LogP contribution in [0.3, 0.4) is 0 Å². The zero-order valence-corrected chi connectivity index (χ0v) is 10.2. The molecule has 0 aliphatic carbocycles. The molecule has 0 bridgehead atoms. The second-order valence-corrected chi connectivity index (χ2v) is 3.85. The molecule has 0 spiro atoms. The number of benzene rings is 1. The number of likely N-dealkylation sites (N-methyl/N-ethyl adjacent to an activating group) is 1. The molecule has 0 radical (unpaired) electrons. The standard InChI is InChI=1S/C10H13BrFNO2/c1-13-4-3-6-7(12)5-8(14)10(15-2)9(6)11/h5,13-14H,3-4H2,1-2H3. The van der Waals surface area contributed by atoms with Crippen molar-refractivity contribution in [3.05, 3.63) is 21.9 Å². The van der Waals surface area contributed by atoms with Gasteiger partial charge in [0, 0.05) is 11.6 Å². The SMILES string of the molecule is CNCCc1c(F)cc(O)c(OC)c1Br. The highest BCUT2D eigenvalue weighted by molar-refractivity contribution is 9.10. The van der Waals surface area contributed by atoms with Gasteiger partial charge in [0.2, 0.25) is 0 Å². The van der Waals surface area contributed by atoms with E-state index in [4.69, 9.17) is 4.74 Å². The van der Waals surface area contributed by atoms with Crippen molar-refractivity contribution in [2.24, 2.45) is 0 Å². The monoisotopic (exact) mass is 277 g/mol. The van der Waals surface area contributed by atoms with Gasteiger partial charge in [-0.15, -0.1) is 0 Å². The van der Waals surface area contributed by atoms with Crippen molar-refractivity contribution in [1.82, 2.24) is 5.32 Å². The Hall–Kier alpha value is -0.810. The molecule has 1 aromatic rings. The van der Waals surface area contributed by atoms with E-state index in [1.165, 1.54) is 7.11 Å². The van der Waals surface area contributed by atoms with Gasteiger partial charge in [0.25, 0.3) is 0 Å². The number of hydrogen-bond donors (Lipinski definition) is 2. The Kier molecular flexibility index (Phi) is 4.35. The highest BCUT2D eigenvalue weighted by Gasteiger charge is 2.16. The number of aromatic hydroxyl groups is 1. The fourth-order valence-corrected chi connectivity index (χ4v) is 2.05. The molecule has 0 fully saturated rings. The fraction of sp³-hybridized carbons (Fsp3) is 0.400. The first-order chi connectivity index (χ1) is 7.11. The van der Waals surface area contributed by atoms with Crippen molar-refractivity contribution in [1.29, 1.82) is 0 Å². The van der Waals surface area contributed by atoms with Crippen LogP contribution >= 0.6 is 15.9 Å². The van der Waals surface area contributed by atoms with E-state index in [2.05, 4.69) is 21.2 Å². The minimum absolute atomic E-state index is 0.199. The van der Waals surface area contributed by atoms with E-state index in [-0.39, 0.29) is 11.5 Å². The van der Waals surface area contributed by atoms with Crippen LogP contribution in [0.4, 0.5) is 4.39 Å². The summed E-state index contributed by atoms with van der Waals surface area (Å²) in [6.45, 7) is 0.656. The van der Waals surface area contributed by atoms with Crippen LogP contribution in [-0.4, -0.2) is 25.8 Å². The van der Waals surface area contributed by atoms with Gasteiger partial charge in [0.05, 0.1) is 11.6 Å². The normalized spacial score (nSPS) is 10.4. The number of ether oxygens (including phenoxy) is 1. The van der Waals surface area contributed by atoms with E-state index in [9.17, 15) is 9.50 Å². The molecule has 0 amide bonds. The van der Waals surface area contributed by atoms with Gasteiger partial charge in [-0.05, 0) is 35.9 Å². The molecule has 2 N–H and O–H groups in total. The highest BCUT2D eigenvalue weighted by atomic mass is 79.9. The molecule has 5 heteroatoms. The number of halogens is 2. The Morgan fingerprint density at radius 3 is 2.80 bits per heavy atom. The van der Waals surface area contributed by atoms with Crippen LogP contribution in [-0.2, 0) is 6.42 Å². The first-order valence-electron chi connectivity index (χ1n) is 4.50. The lowest BCUT2D eigenvalue weighted by Crippen LogP contribution is -2.12.